The number of nitrogens with zero attached hydrogens (tertiary/aromatic N) is 1. The first-order chi connectivity index (χ1) is 10.5. The Hall–Kier alpha value is -2.40. The van der Waals surface area contributed by atoms with Crippen LogP contribution in [0.3, 0.4) is 0 Å². The van der Waals surface area contributed by atoms with Crippen molar-refractivity contribution in [2.24, 2.45) is 0 Å². The van der Waals surface area contributed by atoms with Crippen LogP contribution in [0.15, 0.2) is 42.6 Å². The first-order valence-corrected chi connectivity index (χ1v) is 7.13. The number of halogens is 1. The number of hydrogen-bond donors (Lipinski definition) is 2. The molecule has 1 amide bonds. The van der Waals surface area contributed by atoms with Crippen molar-refractivity contribution in [1.82, 2.24) is 4.98 Å². The lowest BCUT2D eigenvalue weighted by Gasteiger charge is -2.15. The molecule has 0 bridgehead atoms. The van der Waals surface area contributed by atoms with E-state index in [0.29, 0.717) is 22.1 Å². The van der Waals surface area contributed by atoms with Crippen molar-refractivity contribution >= 4 is 34.8 Å². The van der Waals surface area contributed by atoms with E-state index >= 15 is 0 Å². The molecule has 0 radical (unpaired) electrons. The standard InChI is InChI=1S/C16H16ClN3O2/c1-10(16(22)20-15-7-6-13(17)9-18-15)19-14-5-3-4-12(8-14)11(2)21/h3-10,19H,1-2H3,(H,18,20,22)/t10-/m0/s1. The molecular formula is C16H16ClN3O2. The van der Waals surface area contributed by atoms with Gasteiger partial charge in [-0.3, -0.25) is 9.59 Å². The Kier molecular flexibility index (Phi) is 5.12. The Balaban J connectivity index is 2.00. The van der Waals surface area contributed by atoms with E-state index in [1.807, 2.05) is 0 Å². The normalized spacial score (nSPS) is 11.6. The summed E-state index contributed by atoms with van der Waals surface area (Å²) in [6.45, 7) is 3.23. The summed E-state index contributed by atoms with van der Waals surface area (Å²) in [5.74, 6) is 0.176. The molecule has 1 aromatic heterocycles. The average molecular weight is 318 g/mol. The van der Waals surface area contributed by atoms with Crippen LogP contribution in [0.4, 0.5) is 11.5 Å². The molecule has 0 fully saturated rings. The predicted molar refractivity (Wildman–Crippen MR) is 87.4 cm³/mol. The molecule has 0 unspecified atom stereocenters. The molecule has 2 rings (SSSR count). The Morgan fingerprint density at radius 1 is 1.23 bits per heavy atom. The minimum Gasteiger partial charge on any atom is -0.374 e. The van der Waals surface area contributed by atoms with Crippen molar-refractivity contribution < 1.29 is 9.59 Å². The van der Waals surface area contributed by atoms with Crippen LogP contribution in [0.2, 0.25) is 5.02 Å². The number of pyridine rings is 1. The number of carbonyl (C=O) groups excluding carboxylic acids is 2. The van der Waals surface area contributed by atoms with E-state index in [1.165, 1.54) is 13.1 Å². The third-order valence-corrected chi connectivity index (χ3v) is 3.25. The average Bonchev–Trinajstić information content (AvgIpc) is 2.49. The van der Waals surface area contributed by atoms with E-state index in [9.17, 15) is 9.59 Å². The fourth-order valence-electron chi connectivity index (χ4n) is 1.83. The molecule has 1 atom stereocenters. The maximum absolute atomic E-state index is 12.1. The van der Waals surface area contributed by atoms with Crippen molar-refractivity contribution in [1.29, 1.82) is 0 Å². The summed E-state index contributed by atoms with van der Waals surface area (Å²) in [5.41, 5.74) is 1.30. The SMILES string of the molecule is CC(=O)c1cccc(N[C@@H](C)C(=O)Nc2ccc(Cl)cn2)c1. The van der Waals surface area contributed by atoms with Gasteiger partial charge in [-0.25, -0.2) is 4.98 Å². The lowest BCUT2D eigenvalue weighted by molar-refractivity contribution is -0.116. The fourth-order valence-corrected chi connectivity index (χ4v) is 1.94. The Morgan fingerprint density at radius 3 is 2.64 bits per heavy atom. The van der Waals surface area contributed by atoms with Crippen LogP contribution >= 0.6 is 11.6 Å². The number of rotatable bonds is 5. The van der Waals surface area contributed by atoms with Gasteiger partial charge in [-0.15, -0.1) is 0 Å². The third-order valence-electron chi connectivity index (χ3n) is 3.02. The van der Waals surface area contributed by atoms with Gasteiger partial charge in [0.2, 0.25) is 5.91 Å². The van der Waals surface area contributed by atoms with Crippen molar-refractivity contribution in [2.75, 3.05) is 10.6 Å². The molecule has 0 spiro atoms. The first kappa shape index (κ1) is 16.0. The third kappa shape index (κ3) is 4.30. The van der Waals surface area contributed by atoms with E-state index in [-0.39, 0.29) is 11.7 Å². The Labute approximate surface area is 133 Å². The van der Waals surface area contributed by atoms with Crippen LogP contribution in [-0.4, -0.2) is 22.7 Å². The number of amides is 1. The molecule has 0 saturated heterocycles. The first-order valence-electron chi connectivity index (χ1n) is 6.75. The quantitative estimate of drug-likeness (QED) is 0.829. The van der Waals surface area contributed by atoms with E-state index in [2.05, 4.69) is 15.6 Å². The fraction of sp³-hybridized carbons (Fsp3) is 0.188. The summed E-state index contributed by atoms with van der Waals surface area (Å²) in [6.07, 6.45) is 1.46. The second-order valence-corrected chi connectivity index (χ2v) is 5.29. The van der Waals surface area contributed by atoms with Crippen LogP contribution < -0.4 is 10.6 Å². The molecule has 1 heterocycles. The van der Waals surface area contributed by atoms with Gasteiger partial charge in [-0.05, 0) is 38.1 Å². The zero-order valence-electron chi connectivity index (χ0n) is 12.3. The molecular weight excluding hydrogens is 302 g/mol. The summed E-state index contributed by atoms with van der Waals surface area (Å²) in [4.78, 5) is 27.5. The summed E-state index contributed by atoms with van der Waals surface area (Å²) >= 11 is 5.74. The van der Waals surface area contributed by atoms with Crippen molar-refractivity contribution in [3.63, 3.8) is 0 Å². The minimum absolute atomic E-state index is 0.0221. The van der Waals surface area contributed by atoms with Gasteiger partial charge in [0.05, 0.1) is 5.02 Å². The second-order valence-electron chi connectivity index (χ2n) is 4.85. The van der Waals surface area contributed by atoms with Gasteiger partial charge in [0.1, 0.15) is 11.9 Å². The zero-order valence-corrected chi connectivity index (χ0v) is 13.0. The van der Waals surface area contributed by atoms with Gasteiger partial charge in [-0.2, -0.15) is 0 Å². The number of benzene rings is 1. The Morgan fingerprint density at radius 2 is 2.00 bits per heavy atom. The summed E-state index contributed by atoms with van der Waals surface area (Å²) in [6, 6.07) is 9.81. The number of ketones is 1. The highest BCUT2D eigenvalue weighted by molar-refractivity contribution is 6.30. The highest BCUT2D eigenvalue weighted by Crippen LogP contribution is 2.14. The number of hydrogen-bond acceptors (Lipinski definition) is 4. The van der Waals surface area contributed by atoms with Crippen molar-refractivity contribution in [3.8, 4) is 0 Å². The summed E-state index contributed by atoms with van der Waals surface area (Å²) in [5, 5.41) is 6.24. The molecule has 1 aromatic carbocycles. The summed E-state index contributed by atoms with van der Waals surface area (Å²) < 4.78 is 0. The van der Waals surface area contributed by atoms with E-state index in [4.69, 9.17) is 11.6 Å². The zero-order chi connectivity index (χ0) is 16.1. The molecule has 0 aliphatic rings. The number of aromatic nitrogens is 1. The lowest BCUT2D eigenvalue weighted by Crippen LogP contribution is -2.32. The smallest absolute Gasteiger partial charge is 0.247 e. The number of anilines is 2. The highest BCUT2D eigenvalue weighted by Gasteiger charge is 2.13. The maximum atomic E-state index is 12.1. The van der Waals surface area contributed by atoms with Crippen molar-refractivity contribution in [2.45, 2.75) is 19.9 Å². The van der Waals surface area contributed by atoms with Crippen LogP contribution in [0.25, 0.3) is 0 Å². The van der Waals surface area contributed by atoms with E-state index in [1.54, 1.807) is 43.3 Å². The molecule has 6 heteroatoms. The van der Waals surface area contributed by atoms with Crippen LogP contribution in [-0.2, 0) is 4.79 Å². The van der Waals surface area contributed by atoms with Gasteiger partial charge in [0.15, 0.2) is 5.78 Å². The number of nitrogens with one attached hydrogen (secondary N) is 2. The number of Topliss-reactive ketones (excluding diaryl/α,β-unsaturated/α-hetero) is 1. The predicted octanol–water partition coefficient (Wildman–Crippen LogP) is 3.38. The molecule has 2 aromatic rings. The summed E-state index contributed by atoms with van der Waals surface area (Å²) in [7, 11) is 0. The minimum atomic E-state index is -0.486. The van der Waals surface area contributed by atoms with Crippen molar-refractivity contribution in [3.05, 3.63) is 53.2 Å². The largest absolute Gasteiger partial charge is 0.374 e. The van der Waals surface area contributed by atoms with Gasteiger partial charge >= 0.3 is 0 Å². The second kappa shape index (κ2) is 7.04. The van der Waals surface area contributed by atoms with E-state index in [0.717, 1.165) is 0 Å². The van der Waals surface area contributed by atoms with Gasteiger partial charge in [0.25, 0.3) is 0 Å². The highest BCUT2D eigenvalue weighted by atomic mass is 35.5. The van der Waals surface area contributed by atoms with Gasteiger partial charge < -0.3 is 10.6 Å². The molecule has 0 aliphatic heterocycles. The number of carbonyl (C=O) groups is 2. The lowest BCUT2D eigenvalue weighted by atomic mass is 10.1. The molecule has 0 saturated carbocycles. The molecule has 114 valence electrons. The van der Waals surface area contributed by atoms with Crippen LogP contribution in [0, 0.1) is 0 Å². The van der Waals surface area contributed by atoms with Crippen LogP contribution in [0.1, 0.15) is 24.2 Å². The van der Waals surface area contributed by atoms with E-state index < -0.39 is 6.04 Å². The molecule has 22 heavy (non-hydrogen) atoms. The maximum Gasteiger partial charge on any atom is 0.247 e. The molecule has 2 N–H and O–H groups in total. The molecule has 5 nitrogen and oxygen atoms in total. The van der Waals surface area contributed by atoms with Crippen LogP contribution in [0.5, 0.6) is 0 Å². The molecule has 0 aliphatic carbocycles. The van der Waals surface area contributed by atoms with Gasteiger partial charge in [0, 0.05) is 17.4 Å². The van der Waals surface area contributed by atoms with Gasteiger partial charge in [-0.1, -0.05) is 23.7 Å². The topological polar surface area (TPSA) is 71.1 Å². The monoisotopic (exact) mass is 317 g/mol. The Bertz CT molecular complexity index is 686.